The number of imidazole rings is 1. The lowest BCUT2D eigenvalue weighted by Crippen LogP contribution is -2.20. The maximum absolute atomic E-state index is 10.00. The molecular formula is C12H17N3O. The predicted octanol–water partition coefficient (Wildman–Crippen LogP) is 1.84. The molecule has 2 rings (SSSR count). The van der Waals surface area contributed by atoms with Crippen LogP contribution in [-0.2, 0) is 12.6 Å². The van der Waals surface area contributed by atoms with Crippen LogP contribution in [0.3, 0.4) is 0 Å². The number of aryl methyl sites for hydroxylation is 1. The first kappa shape index (κ1) is 11.0. The molecule has 0 aliphatic heterocycles. The van der Waals surface area contributed by atoms with Crippen molar-refractivity contribution in [1.82, 2.24) is 9.55 Å². The highest BCUT2D eigenvalue weighted by Gasteiger charge is 2.23. The molecule has 2 aromatic rings. The van der Waals surface area contributed by atoms with Crippen LogP contribution < -0.4 is 5.32 Å². The average Bonchev–Trinajstić information content (AvgIpc) is 2.55. The van der Waals surface area contributed by atoms with E-state index in [0.29, 0.717) is 5.82 Å². The SMILES string of the molecule is CNc1ccc2nc(C(C)(C)O)n(C)c2c1. The largest absolute Gasteiger partial charge is 0.388 e. The Hall–Kier alpha value is -1.55. The van der Waals surface area contributed by atoms with Gasteiger partial charge in [-0.1, -0.05) is 0 Å². The summed E-state index contributed by atoms with van der Waals surface area (Å²) >= 11 is 0. The van der Waals surface area contributed by atoms with Gasteiger partial charge in [0.1, 0.15) is 11.4 Å². The minimum Gasteiger partial charge on any atom is -0.388 e. The fourth-order valence-corrected chi connectivity index (χ4v) is 1.89. The number of hydrogen-bond donors (Lipinski definition) is 2. The average molecular weight is 219 g/mol. The minimum absolute atomic E-state index is 0.677. The van der Waals surface area contributed by atoms with Crippen LogP contribution in [0, 0.1) is 0 Å². The second-order valence-corrected chi connectivity index (χ2v) is 4.51. The van der Waals surface area contributed by atoms with Crippen LogP contribution in [-0.4, -0.2) is 21.7 Å². The highest BCUT2D eigenvalue weighted by molar-refractivity contribution is 5.80. The molecule has 0 amide bonds. The van der Waals surface area contributed by atoms with Gasteiger partial charge in [-0.15, -0.1) is 0 Å². The summed E-state index contributed by atoms with van der Waals surface area (Å²) in [6, 6.07) is 5.96. The van der Waals surface area contributed by atoms with E-state index in [4.69, 9.17) is 0 Å². The summed E-state index contributed by atoms with van der Waals surface area (Å²) in [7, 11) is 3.80. The Morgan fingerprint density at radius 2 is 2.06 bits per heavy atom. The van der Waals surface area contributed by atoms with E-state index in [1.807, 2.05) is 36.9 Å². The normalized spacial score (nSPS) is 12.1. The van der Waals surface area contributed by atoms with Crippen molar-refractivity contribution < 1.29 is 5.11 Å². The summed E-state index contributed by atoms with van der Waals surface area (Å²) in [5, 5.41) is 13.1. The summed E-state index contributed by atoms with van der Waals surface area (Å²) in [6.45, 7) is 3.49. The van der Waals surface area contributed by atoms with Crippen LogP contribution in [0.2, 0.25) is 0 Å². The first-order valence-electron chi connectivity index (χ1n) is 5.30. The van der Waals surface area contributed by atoms with E-state index in [1.54, 1.807) is 13.8 Å². The summed E-state index contributed by atoms with van der Waals surface area (Å²) in [5.41, 5.74) is 2.04. The summed E-state index contributed by atoms with van der Waals surface area (Å²) < 4.78 is 1.93. The maximum atomic E-state index is 10.00. The number of hydrogen-bond acceptors (Lipinski definition) is 3. The molecule has 0 atom stereocenters. The van der Waals surface area contributed by atoms with Crippen LogP contribution in [0.15, 0.2) is 18.2 Å². The number of rotatable bonds is 2. The zero-order chi connectivity index (χ0) is 11.9. The molecule has 1 heterocycles. The molecule has 1 aromatic heterocycles. The van der Waals surface area contributed by atoms with Crippen molar-refractivity contribution in [3.05, 3.63) is 24.0 Å². The Kier molecular flexibility index (Phi) is 2.39. The highest BCUT2D eigenvalue weighted by atomic mass is 16.3. The first-order chi connectivity index (χ1) is 7.43. The number of aromatic nitrogens is 2. The minimum atomic E-state index is -0.923. The van der Waals surface area contributed by atoms with Crippen LogP contribution in [0.25, 0.3) is 11.0 Å². The lowest BCUT2D eigenvalue weighted by molar-refractivity contribution is 0.0663. The van der Waals surface area contributed by atoms with E-state index in [0.717, 1.165) is 16.7 Å². The number of nitrogens with zero attached hydrogens (tertiary/aromatic N) is 2. The molecule has 0 unspecified atom stereocenters. The van der Waals surface area contributed by atoms with Gasteiger partial charge in [0.15, 0.2) is 0 Å². The standard InChI is InChI=1S/C12H17N3O/c1-12(2,16)11-14-9-6-5-8(13-3)7-10(9)15(11)4/h5-7,13,16H,1-4H3. The quantitative estimate of drug-likeness (QED) is 0.810. The van der Waals surface area contributed by atoms with Gasteiger partial charge in [0.25, 0.3) is 0 Å². The van der Waals surface area contributed by atoms with Gasteiger partial charge in [0.2, 0.25) is 0 Å². The predicted molar refractivity (Wildman–Crippen MR) is 65.5 cm³/mol. The molecule has 0 saturated heterocycles. The van der Waals surface area contributed by atoms with Crippen LogP contribution >= 0.6 is 0 Å². The third-order valence-corrected chi connectivity index (χ3v) is 2.72. The van der Waals surface area contributed by atoms with Gasteiger partial charge >= 0.3 is 0 Å². The number of anilines is 1. The zero-order valence-corrected chi connectivity index (χ0v) is 10.1. The van der Waals surface area contributed by atoms with Crippen molar-refractivity contribution in [2.75, 3.05) is 12.4 Å². The molecule has 0 fully saturated rings. The van der Waals surface area contributed by atoms with Gasteiger partial charge in [0, 0.05) is 19.8 Å². The molecule has 2 N–H and O–H groups in total. The number of benzene rings is 1. The van der Waals surface area contributed by atoms with Crippen LogP contribution in [0.5, 0.6) is 0 Å². The monoisotopic (exact) mass is 219 g/mol. The Labute approximate surface area is 94.9 Å². The van der Waals surface area contributed by atoms with E-state index >= 15 is 0 Å². The second-order valence-electron chi connectivity index (χ2n) is 4.51. The second kappa shape index (κ2) is 3.49. The third kappa shape index (κ3) is 1.65. The fraction of sp³-hybridized carbons (Fsp3) is 0.417. The Morgan fingerprint density at radius 1 is 1.38 bits per heavy atom. The lowest BCUT2D eigenvalue weighted by Gasteiger charge is -2.16. The molecule has 4 heteroatoms. The van der Waals surface area contributed by atoms with E-state index in [1.165, 1.54) is 0 Å². The van der Waals surface area contributed by atoms with Crippen molar-refractivity contribution in [2.24, 2.45) is 7.05 Å². The van der Waals surface area contributed by atoms with Crippen molar-refractivity contribution in [1.29, 1.82) is 0 Å². The fourth-order valence-electron chi connectivity index (χ4n) is 1.89. The van der Waals surface area contributed by atoms with E-state index < -0.39 is 5.60 Å². The van der Waals surface area contributed by atoms with Crippen LogP contribution in [0.4, 0.5) is 5.69 Å². The Balaban J connectivity index is 2.69. The molecule has 16 heavy (non-hydrogen) atoms. The molecule has 86 valence electrons. The Bertz CT molecular complexity index is 523. The molecule has 0 spiro atoms. The van der Waals surface area contributed by atoms with Crippen molar-refractivity contribution in [3.63, 3.8) is 0 Å². The van der Waals surface area contributed by atoms with Crippen LogP contribution in [0.1, 0.15) is 19.7 Å². The number of aliphatic hydroxyl groups is 1. The Morgan fingerprint density at radius 3 is 2.62 bits per heavy atom. The van der Waals surface area contributed by atoms with Gasteiger partial charge in [-0.05, 0) is 32.0 Å². The van der Waals surface area contributed by atoms with Gasteiger partial charge in [-0.25, -0.2) is 4.98 Å². The molecular weight excluding hydrogens is 202 g/mol. The van der Waals surface area contributed by atoms with Gasteiger partial charge in [-0.2, -0.15) is 0 Å². The highest BCUT2D eigenvalue weighted by Crippen LogP contribution is 2.25. The molecule has 0 aliphatic carbocycles. The molecule has 0 radical (unpaired) electrons. The number of nitrogens with one attached hydrogen (secondary N) is 1. The maximum Gasteiger partial charge on any atom is 0.141 e. The van der Waals surface area contributed by atoms with Crippen molar-refractivity contribution in [3.8, 4) is 0 Å². The van der Waals surface area contributed by atoms with Gasteiger partial charge < -0.3 is 15.0 Å². The van der Waals surface area contributed by atoms with Crippen molar-refractivity contribution in [2.45, 2.75) is 19.4 Å². The lowest BCUT2D eigenvalue weighted by atomic mass is 10.1. The van der Waals surface area contributed by atoms with E-state index in [-0.39, 0.29) is 0 Å². The van der Waals surface area contributed by atoms with E-state index in [9.17, 15) is 5.11 Å². The summed E-state index contributed by atoms with van der Waals surface area (Å²) in [6.07, 6.45) is 0. The van der Waals surface area contributed by atoms with Gasteiger partial charge in [0.05, 0.1) is 11.0 Å². The molecule has 0 aliphatic rings. The van der Waals surface area contributed by atoms with E-state index in [2.05, 4.69) is 10.3 Å². The summed E-state index contributed by atoms with van der Waals surface area (Å²) in [4.78, 5) is 4.44. The molecule has 0 bridgehead atoms. The summed E-state index contributed by atoms with van der Waals surface area (Å²) in [5.74, 6) is 0.677. The number of fused-ring (bicyclic) bond motifs is 1. The van der Waals surface area contributed by atoms with Gasteiger partial charge in [-0.3, -0.25) is 0 Å². The third-order valence-electron chi connectivity index (χ3n) is 2.72. The molecule has 4 nitrogen and oxygen atoms in total. The zero-order valence-electron chi connectivity index (χ0n) is 10.1. The smallest absolute Gasteiger partial charge is 0.141 e. The van der Waals surface area contributed by atoms with Crippen molar-refractivity contribution >= 4 is 16.7 Å². The molecule has 0 saturated carbocycles. The topological polar surface area (TPSA) is 50.1 Å². The molecule has 1 aromatic carbocycles. The first-order valence-corrected chi connectivity index (χ1v) is 5.30.